The molecule has 3 rings (SSSR count). The van der Waals surface area contributed by atoms with Crippen molar-refractivity contribution in [2.75, 3.05) is 39.4 Å². The zero-order valence-electron chi connectivity index (χ0n) is 10.8. The van der Waals surface area contributed by atoms with Crippen molar-refractivity contribution < 1.29 is 13.9 Å². The first-order chi connectivity index (χ1) is 9.34. The van der Waals surface area contributed by atoms with E-state index in [1.807, 2.05) is 0 Å². The van der Waals surface area contributed by atoms with E-state index in [0.717, 1.165) is 26.2 Å². The Hall–Kier alpha value is -1.01. The highest BCUT2D eigenvalue weighted by atomic mass is 19.1. The Morgan fingerprint density at radius 1 is 1.11 bits per heavy atom. The monoisotopic (exact) mass is 266 g/mol. The van der Waals surface area contributed by atoms with E-state index in [1.54, 1.807) is 18.2 Å². The lowest BCUT2D eigenvalue weighted by molar-refractivity contribution is -0.211. The molecule has 104 valence electrons. The summed E-state index contributed by atoms with van der Waals surface area (Å²) in [5.41, 5.74) is 0.487. The quantitative estimate of drug-likeness (QED) is 0.870. The Balaban J connectivity index is 1.58. The fourth-order valence-corrected chi connectivity index (χ4v) is 2.60. The highest BCUT2D eigenvalue weighted by Gasteiger charge is 2.29. The maximum Gasteiger partial charge on any atom is 0.186 e. The molecule has 4 nitrogen and oxygen atoms in total. The van der Waals surface area contributed by atoms with Crippen molar-refractivity contribution in [3.05, 3.63) is 35.6 Å². The minimum atomic E-state index is -0.569. The third-order valence-electron chi connectivity index (χ3n) is 3.71. The Bertz CT molecular complexity index is 416. The van der Waals surface area contributed by atoms with E-state index in [1.165, 1.54) is 6.07 Å². The summed E-state index contributed by atoms with van der Waals surface area (Å²) in [6.07, 6.45) is -0.569. The number of hydrogen-bond donors (Lipinski definition) is 1. The first kappa shape index (κ1) is 13.0. The maximum atomic E-state index is 13.6. The van der Waals surface area contributed by atoms with E-state index in [-0.39, 0.29) is 11.9 Å². The Kier molecular flexibility index (Phi) is 4.08. The van der Waals surface area contributed by atoms with Gasteiger partial charge in [-0.05, 0) is 6.07 Å². The van der Waals surface area contributed by atoms with Gasteiger partial charge in [0.2, 0.25) is 0 Å². The number of nitrogens with one attached hydrogen (secondary N) is 1. The molecule has 2 fully saturated rings. The second kappa shape index (κ2) is 5.96. The van der Waals surface area contributed by atoms with Crippen molar-refractivity contribution in [2.24, 2.45) is 0 Å². The third kappa shape index (κ3) is 2.95. The molecule has 19 heavy (non-hydrogen) atoms. The van der Waals surface area contributed by atoms with Gasteiger partial charge in [-0.3, -0.25) is 4.90 Å². The van der Waals surface area contributed by atoms with Crippen LogP contribution in [0.1, 0.15) is 11.9 Å². The molecule has 2 aliphatic rings. The average Bonchev–Trinajstić information content (AvgIpc) is 2.49. The van der Waals surface area contributed by atoms with Gasteiger partial charge in [0.05, 0.1) is 19.3 Å². The van der Waals surface area contributed by atoms with Crippen molar-refractivity contribution in [1.82, 2.24) is 10.2 Å². The molecule has 0 bridgehead atoms. The summed E-state index contributed by atoms with van der Waals surface area (Å²) in [6.45, 7) is 5.24. The van der Waals surface area contributed by atoms with Crippen molar-refractivity contribution in [2.45, 2.75) is 12.3 Å². The lowest BCUT2D eigenvalue weighted by Gasteiger charge is -2.38. The molecule has 0 unspecified atom stereocenters. The van der Waals surface area contributed by atoms with Crippen LogP contribution in [0.15, 0.2) is 24.3 Å². The molecule has 0 radical (unpaired) electrons. The zero-order valence-corrected chi connectivity index (χ0v) is 10.8. The number of benzene rings is 1. The smallest absolute Gasteiger partial charge is 0.186 e. The van der Waals surface area contributed by atoms with E-state index >= 15 is 0 Å². The number of hydrogen-bond acceptors (Lipinski definition) is 4. The molecule has 2 aliphatic heterocycles. The van der Waals surface area contributed by atoms with Gasteiger partial charge in [0.1, 0.15) is 5.82 Å². The standard InChI is InChI=1S/C14H19FN2O2/c15-13-4-2-1-3-12(13)14-18-9-11(10-19-14)17-7-5-16-6-8-17/h1-4,11,14,16H,5-10H2. The van der Waals surface area contributed by atoms with Crippen LogP contribution >= 0.6 is 0 Å². The van der Waals surface area contributed by atoms with Crippen LogP contribution in [-0.4, -0.2) is 50.3 Å². The largest absolute Gasteiger partial charge is 0.347 e. The SMILES string of the molecule is Fc1ccccc1C1OCC(N2CCNCC2)CO1. The van der Waals surface area contributed by atoms with Crippen LogP contribution in [0.5, 0.6) is 0 Å². The molecule has 0 atom stereocenters. The topological polar surface area (TPSA) is 33.7 Å². The predicted molar refractivity (Wildman–Crippen MR) is 69.3 cm³/mol. The molecule has 2 heterocycles. The van der Waals surface area contributed by atoms with Gasteiger partial charge in [-0.25, -0.2) is 4.39 Å². The first-order valence-electron chi connectivity index (χ1n) is 6.77. The molecule has 2 saturated heterocycles. The highest BCUT2D eigenvalue weighted by Crippen LogP contribution is 2.26. The number of halogens is 1. The van der Waals surface area contributed by atoms with Crippen LogP contribution in [0.25, 0.3) is 0 Å². The summed E-state index contributed by atoms with van der Waals surface area (Å²) < 4.78 is 25.0. The minimum absolute atomic E-state index is 0.270. The van der Waals surface area contributed by atoms with E-state index in [9.17, 15) is 4.39 Å². The van der Waals surface area contributed by atoms with Crippen LogP contribution in [0.2, 0.25) is 0 Å². The minimum Gasteiger partial charge on any atom is -0.347 e. The molecular weight excluding hydrogens is 247 g/mol. The van der Waals surface area contributed by atoms with Crippen LogP contribution in [0.3, 0.4) is 0 Å². The molecule has 1 aromatic rings. The van der Waals surface area contributed by atoms with Gasteiger partial charge >= 0.3 is 0 Å². The summed E-state index contributed by atoms with van der Waals surface area (Å²) in [6, 6.07) is 6.90. The van der Waals surface area contributed by atoms with Gasteiger partial charge < -0.3 is 14.8 Å². The summed E-state index contributed by atoms with van der Waals surface area (Å²) >= 11 is 0. The molecule has 1 aromatic carbocycles. The fraction of sp³-hybridized carbons (Fsp3) is 0.571. The second-order valence-corrected chi connectivity index (χ2v) is 4.96. The summed E-state index contributed by atoms with van der Waals surface area (Å²) in [5.74, 6) is -0.270. The lowest BCUT2D eigenvalue weighted by Crippen LogP contribution is -2.53. The molecule has 1 N–H and O–H groups in total. The summed E-state index contributed by atoms with van der Waals surface area (Å²) in [4.78, 5) is 2.37. The fourth-order valence-electron chi connectivity index (χ4n) is 2.60. The number of piperazine rings is 1. The second-order valence-electron chi connectivity index (χ2n) is 4.96. The van der Waals surface area contributed by atoms with Gasteiger partial charge in [0.15, 0.2) is 6.29 Å². The molecule has 0 aromatic heterocycles. The number of rotatable bonds is 2. The Labute approximate surface area is 112 Å². The van der Waals surface area contributed by atoms with Crippen LogP contribution in [0.4, 0.5) is 4.39 Å². The average molecular weight is 266 g/mol. The van der Waals surface area contributed by atoms with Crippen molar-refractivity contribution in [3.63, 3.8) is 0 Å². The third-order valence-corrected chi connectivity index (χ3v) is 3.71. The van der Waals surface area contributed by atoms with Gasteiger partial charge in [-0.15, -0.1) is 0 Å². The van der Waals surface area contributed by atoms with Crippen molar-refractivity contribution in [1.29, 1.82) is 0 Å². The predicted octanol–water partition coefficient (Wildman–Crippen LogP) is 1.14. The van der Waals surface area contributed by atoms with Crippen molar-refractivity contribution >= 4 is 0 Å². The van der Waals surface area contributed by atoms with Crippen LogP contribution in [-0.2, 0) is 9.47 Å². The zero-order chi connectivity index (χ0) is 13.1. The van der Waals surface area contributed by atoms with Gasteiger partial charge in [0.25, 0.3) is 0 Å². The first-order valence-corrected chi connectivity index (χ1v) is 6.77. The highest BCUT2D eigenvalue weighted by molar-refractivity contribution is 5.18. The normalized spacial score (nSPS) is 29.3. The van der Waals surface area contributed by atoms with E-state index in [0.29, 0.717) is 18.8 Å². The summed E-state index contributed by atoms with van der Waals surface area (Å²) in [7, 11) is 0. The van der Waals surface area contributed by atoms with Crippen LogP contribution in [0, 0.1) is 5.82 Å². The molecule has 5 heteroatoms. The van der Waals surface area contributed by atoms with Crippen molar-refractivity contribution in [3.8, 4) is 0 Å². The van der Waals surface area contributed by atoms with Gasteiger partial charge in [0, 0.05) is 31.7 Å². The summed E-state index contributed by atoms with van der Waals surface area (Å²) in [5, 5.41) is 3.32. The van der Waals surface area contributed by atoms with Crippen LogP contribution < -0.4 is 5.32 Å². The molecule has 0 amide bonds. The van der Waals surface area contributed by atoms with E-state index in [2.05, 4.69) is 10.2 Å². The molecule has 0 spiro atoms. The Morgan fingerprint density at radius 2 is 1.79 bits per heavy atom. The van der Waals surface area contributed by atoms with Gasteiger partial charge in [-0.2, -0.15) is 0 Å². The lowest BCUT2D eigenvalue weighted by atomic mass is 10.1. The van der Waals surface area contributed by atoms with E-state index < -0.39 is 6.29 Å². The maximum absolute atomic E-state index is 13.6. The molecule has 0 aliphatic carbocycles. The Morgan fingerprint density at radius 3 is 2.47 bits per heavy atom. The van der Waals surface area contributed by atoms with E-state index in [4.69, 9.17) is 9.47 Å². The number of ether oxygens (including phenoxy) is 2. The molecule has 0 saturated carbocycles. The molecular formula is C14H19FN2O2. The number of nitrogens with zero attached hydrogens (tertiary/aromatic N) is 1. The van der Waals surface area contributed by atoms with Gasteiger partial charge in [-0.1, -0.05) is 18.2 Å².